The minimum atomic E-state index is -0.860. The molecule has 1 unspecified atom stereocenters. The van der Waals surface area contributed by atoms with Gasteiger partial charge in [0.15, 0.2) is 0 Å². The minimum Gasteiger partial charge on any atom is -0.467 e. The second kappa shape index (κ2) is 7.05. The predicted octanol–water partition coefficient (Wildman–Crippen LogP) is 1.31. The lowest BCUT2D eigenvalue weighted by atomic mass is 10.3. The Hall–Kier alpha value is -3.69. The highest BCUT2D eigenvalue weighted by Crippen LogP contribution is 2.19. The molecule has 0 aliphatic carbocycles. The fraction of sp³-hybridized carbons (Fsp3) is 0.188. The summed E-state index contributed by atoms with van der Waals surface area (Å²) in [6, 6.07) is 7.29. The van der Waals surface area contributed by atoms with Gasteiger partial charge in [-0.15, -0.1) is 0 Å². The van der Waals surface area contributed by atoms with E-state index in [2.05, 4.69) is 15.6 Å². The molecule has 0 aliphatic rings. The number of fused-ring (bicyclic) bond motifs is 1. The van der Waals surface area contributed by atoms with E-state index in [0.717, 1.165) is 4.40 Å². The van der Waals surface area contributed by atoms with E-state index in [1.54, 1.807) is 24.3 Å². The van der Waals surface area contributed by atoms with Gasteiger partial charge in [-0.1, -0.05) is 6.07 Å². The molecule has 3 rings (SSSR count). The van der Waals surface area contributed by atoms with Gasteiger partial charge in [-0.25, -0.2) is 4.98 Å². The molecule has 134 valence electrons. The maximum absolute atomic E-state index is 12.4. The number of amides is 1. The van der Waals surface area contributed by atoms with E-state index in [1.807, 2.05) is 0 Å². The third-order valence-electron chi connectivity index (χ3n) is 3.66. The summed E-state index contributed by atoms with van der Waals surface area (Å²) in [6.45, 7) is 1.68. The molecule has 1 atom stereocenters. The first-order chi connectivity index (χ1) is 12.5. The Labute approximate surface area is 146 Å². The summed E-state index contributed by atoms with van der Waals surface area (Å²) in [7, 11) is 0. The number of anilines is 1. The monoisotopic (exact) mass is 357 g/mol. The van der Waals surface area contributed by atoms with Gasteiger partial charge in [-0.05, 0) is 31.2 Å². The summed E-state index contributed by atoms with van der Waals surface area (Å²) < 4.78 is 6.19. The maximum atomic E-state index is 12.4. The Morgan fingerprint density at radius 2 is 2.19 bits per heavy atom. The first kappa shape index (κ1) is 17.1. The Bertz CT molecular complexity index is 1010. The Kier molecular flexibility index (Phi) is 4.65. The van der Waals surface area contributed by atoms with Gasteiger partial charge in [0.25, 0.3) is 0 Å². The molecule has 3 aromatic heterocycles. The van der Waals surface area contributed by atoms with E-state index in [4.69, 9.17) is 4.42 Å². The van der Waals surface area contributed by atoms with Crippen LogP contribution in [-0.2, 0) is 11.3 Å². The molecule has 3 aromatic rings. The number of carbonyl (C=O) groups excluding carboxylic acids is 1. The molecule has 0 aromatic carbocycles. The van der Waals surface area contributed by atoms with Gasteiger partial charge >= 0.3 is 11.2 Å². The van der Waals surface area contributed by atoms with Crippen LogP contribution in [-0.4, -0.2) is 26.3 Å². The van der Waals surface area contributed by atoms with Crippen LogP contribution in [0.4, 0.5) is 11.5 Å². The molecule has 0 spiro atoms. The van der Waals surface area contributed by atoms with Crippen LogP contribution in [0.2, 0.25) is 0 Å². The zero-order chi connectivity index (χ0) is 18.7. The number of pyridine rings is 1. The number of hydrogen-bond donors (Lipinski definition) is 2. The second-order valence-electron chi connectivity index (χ2n) is 5.46. The zero-order valence-corrected chi connectivity index (χ0v) is 13.7. The van der Waals surface area contributed by atoms with Gasteiger partial charge in [0.1, 0.15) is 17.4 Å². The summed E-state index contributed by atoms with van der Waals surface area (Å²) in [6.07, 6.45) is 2.87. The first-order valence-corrected chi connectivity index (χ1v) is 7.70. The third-order valence-corrected chi connectivity index (χ3v) is 3.66. The Morgan fingerprint density at radius 1 is 1.38 bits per heavy atom. The average molecular weight is 357 g/mol. The normalized spacial score (nSPS) is 11.9. The molecule has 0 saturated heterocycles. The van der Waals surface area contributed by atoms with Crippen molar-refractivity contribution in [3.05, 3.63) is 69.0 Å². The molecule has 10 heteroatoms. The van der Waals surface area contributed by atoms with Crippen molar-refractivity contribution < 1.29 is 14.1 Å². The summed E-state index contributed by atoms with van der Waals surface area (Å²) in [5.74, 6) is -0.115. The van der Waals surface area contributed by atoms with Crippen molar-refractivity contribution in [3.8, 4) is 0 Å². The van der Waals surface area contributed by atoms with Crippen molar-refractivity contribution in [3.63, 3.8) is 0 Å². The topological polar surface area (TPSA) is 132 Å². The highest BCUT2D eigenvalue weighted by molar-refractivity contribution is 5.84. The Morgan fingerprint density at radius 3 is 2.88 bits per heavy atom. The van der Waals surface area contributed by atoms with Crippen molar-refractivity contribution >= 4 is 23.1 Å². The molecule has 0 aliphatic heterocycles. The largest absolute Gasteiger partial charge is 0.467 e. The van der Waals surface area contributed by atoms with Crippen LogP contribution in [0.1, 0.15) is 12.7 Å². The highest BCUT2D eigenvalue weighted by atomic mass is 16.6. The fourth-order valence-corrected chi connectivity index (χ4v) is 2.36. The number of carbonyl (C=O) groups is 1. The maximum Gasteiger partial charge on any atom is 0.376 e. The lowest BCUT2D eigenvalue weighted by Crippen LogP contribution is -2.38. The molecule has 1 amide bonds. The number of aromatic nitrogens is 2. The van der Waals surface area contributed by atoms with E-state index in [9.17, 15) is 19.7 Å². The molecule has 2 N–H and O–H groups in total. The van der Waals surface area contributed by atoms with E-state index < -0.39 is 28.1 Å². The number of nitro groups is 1. The molecule has 10 nitrogen and oxygen atoms in total. The van der Waals surface area contributed by atoms with E-state index in [0.29, 0.717) is 5.76 Å². The summed E-state index contributed by atoms with van der Waals surface area (Å²) >= 11 is 0. The fourth-order valence-electron chi connectivity index (χ4n) is 2.36. The summed E-state index contributed by atoms with van der Waals surface area (Å²) in [5.41, 5.74) is -1.32. The number of nitrogens with one attached hydrogen (secondary N) is 2. The van der Waals surface area contributed by atoms with Crippen molar-refractivity contribution in [2.75, 3.05) is 5.32 Å². The van der Waals surface area contributed by atoms with Crippen molar-refractivity contribution in [1.29, 1.82) is 0 Å². The van der Waals surface area contributed by atoms with E-state index in [1.165, 1.54) is 25.5 Å². The number of nitrogens with zero attached hydrogens (tertiary/aromatic N) is 3. The van der Waals surface area contributed by atoms with Crippen LogP contribution in [0.15, 0.2) is 52.0 Å². The molecule has 0 saturated carbocycles. The predicted molar refractivity (Wildman–Crippen MR) is 91.8 cm³/mol. The van der Waals surface area contributed by atoms with E-state index >= 15 is 0 Å². The summed E-state index contributed by atoms with van der Waals surface area (Å²) in [4.78, 5) is 39.1. The molecule has 0 fully saturated rings. The van der Waals surface area contributed by atoms with Crippen LogP contribution < -0.4 is 16.2 Å². The molecule has 3 heterocycles. The first-order valence-electron chi connectivity index (χ1n) is 7.70. The lowest BCUT2D eigenvalue weighted by Gasteiger charge is -2.14. The second-order valence-corrected chi connectivity index (χ2v) is 5.46. The average Bonchev–Trinajstić information content (AvgIpc) is 3.13. The van der Waals surface area contributed by atoms with Gasteiger partial charge < -0.3 is 15.1 Å². The number of furan rings is 1. The van der Waals surface area contributed by atoms with Gasteiger partial charge in [0.05, 0.1) is 17.7 Å². The lowest BCUT2D eigenvalue weighted by molar-refractivity contribution is -0.385. The third kappa shape index (κ3) is 3.38. The van der Waals surface area contributed by atoms with Crippen molar-refractivity contribution in [2.45, 2.75) is 19.5 Å². The van der Waals surface area contributed by atoms with Gasteiger partial charge in [-0.2, -0.15) is 0 Å². The SMILES string of the molecule is CC(Nc1nc2ccccn2c(=O)c1[N+](=O)[O-])C(=O)NCc1ccco1. The summed E-state index contributed by atoms with van der Waals surface area (Å²) in [5, 5.41) is 16.6. The quantitative estimate of drug-likeness (QED) is 0.502. The molecule has 26 heavy (non-hydrogen) atoms. The van der Waals surface area contributed by atoms with Crippen LogP contribution in [0, 0.1) is 10.1 Å². The van der Waals surface area contributed by atoms with Crippen LogP contribution in [0.5, 0.6) is 0 Å². The minimum absolute atomic E-state index is 0.174. The van der Waals surface area contributed by atoms with Gasteiger partial charge in [0.2, 0.25) is 11.7 Å². The van der Waals surface area contributed by atoms with Gasteiger partial charge in [-0.3, -0.25) is 24.1 Å². The zero-order valence-electron chi connectivity index (χ0n) is 13.7. The highest BCUT2D eigenvalue weighted by Gasteiger charge is 2.26. The van der Waals surface area contributed by atoms with Crippen molar-refractivity contribution in [2.24, 2.45) is 0 Å². The van der Waals surface area contributed by atoms with Crippen molar-refractivity contribution in [1.82, 2.24) is 14.7 Å². The number of rotatable bonds is 6. The van der Waals surface area contributed by atoms with E-state index in [-0.39, 0.29) is 18.0 Å². The number of hydrogen-bond acceptors (Lipinski definition) is 7. The van der Waals surface area contributed by atoms with Gasteiger partial charge in [0, 0.05) is 6.20 Å². The smallest absolute Gasteiger partial charge is 0.376 e. The van der Waals surface area contributed by atoms with Crippen LogP contribution >= 0.6 is 0 Å². The Balaban J connectivity index is 1.85. The molecule has 0 bridgehead atoms. The molecular formula is C16H15N5O5. The van der Waals surface area contributed by atoms with Crippen LogP contribution in [0.3, 0.4) is 0 Å². The standard InChI is InChI=1S/C16H15N5O5/c1-10(15(22)17-9-11-5-4-8-26-11)18-14-13(21(24)25)16(23)20-7-3-2-6-12(20)19-14/h2-8,10,18H,9H2,1H3,(H,17,22). The molecule has 0 radical (unpaired) electrons. The molecular weight excluding hydrogens is 342 g/mol. The van der Waals surface area contributed by atoms with Crippen LogP contribution in [0.25, 0.3) is 5.65 Å².